The largest absolute Gasteiger partial charge is 0.393 e. The van der Waals surface area contributed by atoms with Crippen molar-refractivity contribution in [3.63, 3.8) is 0 Å². The van der Waals surface area contributed by atoms with E-state index >= 15 is 0 Å². The average Bonchev–Trinajstić information content (AvgIpc) is 3.43. The van der Waals surface area contributed by atoms with Crippen molar-refractivity contribution in [3.05, 3.63) is 129 Å². The molecule has 2 bridgehead atoms. The van der Waals surface area contributed by atoms with Gasteiger partial charge >= 0.3 is 0 Å². The molecule has 2 aliphatic heterocycles. The molecule has 0 aromatic heterocycles. The van der Waals surface area contributed by atoms with Crippen LogP contribution in [0.3, 0.4) is 0 Å². The fourth-order valence-electron chi connectivity index (χ4n) is 12.2. The molecule has 9 N–H and O–H groups in total. The van der Waals surface area contributed by atoms with E-state index in [0.717, 1.165) is 53.5 Å². The number of hydrogen-bond acceptors (Lipinski definition) is 9. The summed E-state index contributed by atoms with van der Waals surface area (Å²) >= 11 is 0. The highest BCUT2D eigenvalue weighted by Gasteiger charge is 2.67. The first kappa shape index (κ1) is 47.9. The third-order valence-corrected chi connectivity index (χ3v) is 15.6. The van der Waals surface area contributed by atoms with Gasteiger partial charge in [0.25, 0.3) is 0 Å². The number of Topliss-reactive ketones (excluding diaryl/α,β-unsaturated/α-hetero) is 1. The lowest BCUT2D eigenvalue weighted by Gasteiger charge is -2.56. The minimum Gasteiger partial charge on any atom is -0.393 e. The first-order valence-electron chi connectivity index (χ1n) is 23.9. The SMILES string of the molecule is C=C(C=CC=C1C(O)CCCC2CC3(C4CCC(O)Cc5cccc(c5)CCC(O)CNC5C(=O)NC(N)c6cccc(c65)CC(=O)C(C)=C4CCC3(C)O)C(O)C12)CCC=C(C)C. The van der Waals surface area contributed by atoms with Gasteiger partial charge in [-0.3, -0.25) is 14.9 Å². The Balaban J connectivity index is 1.30. The van der Waals surface area contributed by atoms with E-state index in [1.165, 1.54) is 5.57 Å². The van der Waals surface area contributed by atoms with Crippen LogP contribution in [0.2, 0.25) is 0 Å². The van der Waals surface area contributed by atoms with Gasteiger partial charge in [-0.15, -0.1) is 0 Å². The molecule has 11 unspecified atom stereocenters. The van der Waals surface area contributed by atoms with E-state index in [4.69, 9.17) is 5.73 Å². The van der Waals surface area contributed by atoms with E-state index < -0.39 is 59.5 Å². The monoisotopic (exact) mass is 876 g/mol. The molecule has 346 valence electrons. The number of amides is 1. The molecule has 64 heavy (non-hydrogen) atoms. The third-order valence-electron chi connectivity index (χ3n) is 15.6. The predicted molar refractivity (Wildman–Crippen MR) is 252 cm³/mol. The third kappa shape index (κ3) is 10.0. The number of ketones is 1. The summed E-state index contributed by atoms with van der Waals surface area (Å²) < 4.78 is 0. The summed E-state index contributed by atoms with van der Waals surface area (Å²) in [5.74, 6) is -1.32. The standard InChI is InChI=1S/C54H73N3O7/c1-32(2)11-6-12-33(3)13-7-18-42-45(60)20-10-17-38-30-54(50(62)48(38)42)44-24-23-39(58)28-36-15-8-14-35(27-36)21-22-40(59)31-56-49-47-37(16-9-19-43(47)51(55)57-52(49)63)29-46(61)34(4)41(44)25-26-53(54,5)64/h7-9,11,13-16,18-19,27,38-40,44-45,48-51,56,58-60,62,64H,3,6,10,12,17,20-26,28-31,55H2,1-2,4-5H3,(H,57,63). The fraction of sp³-hybridized carbons (Fsp3) is 0.556. The van der Waals surface area contributed by atoms with Crippen LogP contribution >= 0.6 is 0 Å². The average molecular weight is 876 g/mol. The van der Waals surface area contributed by atoms with Crippen LogP contribution in [0, 0.1) is 23.2 Å². The van der Waals surface area contributed by atoms with Gasteiger partial charge in [-0.1, -0.05) is 96.5 Å². The summed E-state index contributed by atoms with van der Waals surface area (Å²) in [6.45, 7) is 12.3. The summed E-state index contributed by atoms with van der Waals surface area (Å²) in [4.78, 5) is 28.4. The van der Waals surface area contributed by atoms with Gasteiger partial charge in [-0.2, -0.15) is 0 Å². The summed E-state index contributed by atoms with van der Waals surface area (Å²) in [5.41, 5.74) is 12.6. The maximum atomic E-state index is 14.8. The Hall–Kier alpha value is -4.00. The van der Waals surface area contributed by atoms with Gasteiger partial charge in [0.2, 0.25) is 5.91 Å². The lowest BCUT2D eigenvalue weighted by Crippen LogP contribution is -2.59. The van der Waals surface area contributed by atoms with E-state index in [1.807, 2.05) is 68.5 Å². The molecule has 11 atom stereocenters. The van der Waals surface area contributed by atoms with Gasteiger partial charge in [0.1, 0.15) is 12.2 Å². The van der Waals surface area contributed by atoms with Crippen molar-refractivity contribution in [3.8, 4) is 0 Å². The van der Waals surface area contributed by atoms with Crippen molar-refractivity contribution in [2.75, 3.05) is 6.54 Å². The number of aryl methyl sites for hydroxylation is 1. The van der Waals surface area contributed by atoms with Crippen molar-refractivity contribution in [2.45, 2.75) is 160 Å². The summed E-state index contributed by atoms with van der Waals surface area (Å²) in [6, 6.07) is 12.8. The van der Waals surface area contributed by atoms with Crippen LogP contribution in [0.1, 0.15) is 138 Å². The second-order valence-corrected chi connectivity index (χ2v) is 20.2. The number of nitrogens with two attached hydrogens (primary N) is 1. The van der Waals surface area contributed by atoms with Gasteiger partial charge in [0.05, 0.1) is 30.0 Å². The number of allylic oxidation sites excluding steroid dienone is 8. The molecule has 3 saturated carbocycles. The lowest BCUT2D eigenvalue weighted by atomic mass is 9.52. The zero-order valence-corrected chi connectivity index (χ0v) is 38.5. The smallest absolute Gasteiger partial charge is 0.243 e. The highest BCUT2D eigenvalue weighted by molar-refractivity contribution is 5.98. The maximum Gasteiger partial charge on any atom is 0.243 e. The minimum atomic E-state index is -1.32. The van der Waals surface area contributed by atoms with Gasteiger partial charge in [-0.25, -0.2) is 0 Å². The highest BCUT2D eigenvalue weighted by atomic mass is 16.3. The Morgan fingerprint density at radius 3 is 2.52 bits per heavy atom. The van der Waals surface area contributed by atoms with Gasteiger partial charge in [0, 0.05) is 24.3 Å². The Bertz CT molecular complexity index is 2180. The first-order valence-corrected chi connectivity index (χ1v) is 23.9. The summed E-state index contributed by atoms with van der Waals surface area (Å²) in [7, 11) is 0. The molecule has 3 fully saturated rings. The number of fused-ring (bicyclic) bond motifs is 5. The van der Waals surface area contributed by atoms with Crippen LogP contribution in [0.15, 0.2) is 101 Å². The van der Waals surface area contributed by atoms with E-state index in [2.05, 4.69) is 43.2 Å². The van der Waals surface area contributed by atoms with Gasteiger partial charge in [-0.05, 0) is 156 Å². The fourth-order valence-corrected chi connectivity index (χ4v) is 12.2. The van der Waals surface area contributed by atoms with Gasteiger partial charge < -0.3 is 36.6 Å². The lowest BCUT2D eigenvalue weighted by molar-refractivity contribution is -0.169. The number of carbonyl (C=O) groups excluding carboxylic acids is 2. The molecule has 1 amide bonds. The van der Waals surface area contributed by atoms with Crippen LogP contribution < -0.4 is 16.4 Å². The number of hydrogen-bond donors (Lipinski definition) is 8. The number of aliphatic hydroxyl groups excluding tert-OH is 4. The molecule has 0 saturated heterocycles. The van der Waals surface area contributed by atoms with Crippen molar-refractivity contribution < 1.29 is 35.1 Å². The van der Waals surface area contributed by atoms with E-state index in [1.54, 1.807) is 0 Å². The topological polar surface area (TPSA) is 185 Å². The zero-order chi connectivity index (χ0) is 45.9. The predicted octanol–water partition coefficient (Wildman–Crippen LogP) is 7.00. The van der Waals surface area contributed by atoms with E-state index in [0.29, 0.717) is 80.1 Å². The number of nitrogens with one attached hydrogen (secondary N) is 2. The molecule has 0 radical (unpaired) electrons. The molecular weight excluding hydrogens is 803 g/mol. The summed E-state index contributed by atoms with van der Waals surface area (Å²) in [6.07, 6.45) is 11.5. The number of aliphatic hydroxyl groups is 5. The van der Waals surface area contributed by atoms with Crippen LogP contribution in [-0.2, 0) is 28.9 Å². The molecule has 3 aliphatic carbocycles. The van der Waals surface area contributed by atoms with Crippen LogP contribution in [0.4, 0.5) is 0 Å². The maximum absolute atomic E-state index is 14.8. The van der Waals surface area contributed by atoms with Gasteiger partial charge in [0.15, 0.2) is 5.78 Å². The Morgan fingerprint density at radius 1 is 0.969 bits per heavy atom. The van der Waals surface area contributed by atoms with Crippen molar-refractivity contribution in [1.29, 1.82) is 0 Å². The second kappa shape index (κ2) is 20.3. The molecule has 5 aliphatic rings. The molecule has 10 nitrogen and oxygen atoms in total. The van der Waals surface area contributed by atoms with Crippen LogP contribution in [0.5, 0.6) is 0 Å². The molecule has 10 heteroatoms. The van der Waals surface area contributed by atoms with Crippen LogP contribution in [-0.4, -0.2) is 73.8 Å². The van der Waals surface area contributed by atoms with Crippen molar-refractivity contribution >= 4 is 11.7 Å². The quantitative estimate of drug-likeness (QED) is 0.116. The number of rotatable bonds is 5. The number of benzene rings is 2. The molecular formula is C54H73N3O7. The molecule has 2 heterocycles. The van der Waals surface area contributed by atoms with Crippen molar-refractivity contribution in [2.24, 2.45) is 28.9 Å². The molecule has 2 aromatic rings. The zero-order valence-electron chi connectivity index (χ0n) is 38.5. The minimum absolute atomic E-state index is 0.00543. The molecule has 7 rings (SSSR count). The normalized spacial score (nSPS) is 34.7. The van der Waals surface area contributed by atoms with E-state index in [9.17, 15) is 35.1 Å². The van der Waals surface area contributed by atoms with E-state index in [-0.39, 0.29) is 30.6 Å². The second-order valence-electron chi connectivity index (χ2n) is 20.2. The van der Waals surface area contributed by atoms with Crippen LogP contribution in [0.25, 0.3) is 0 Å². The Morgan fingerprint density at radius 2 is 1.73 bits per heavy atom. The Kier molecular flexibility index (Phi) is 15.2. The first-order chi connectivity index (χ1) is 30.5. The van der Waals surface area contributed by atoms with Crippen molar-refractivity contribution in [1.82, 2.24) is 10.6 Å². The number of β-amino-alcohol motifs (C(OH)–C–C–N with tert-alkyl or cyclic N) is 1. The number of carbonyl (C=O) groups is 2. The molecule has 1 spiro atoms. The Labute approximate surface area is 380 Å². The molecule has 2 aromatic carbocycles. The summed E-state index contributed by atoms with van der Waals surface area (Å²) in [5, 5.41) is 66.7. The highest BCUT2D eigenvalue weighted by Crippen LogP contribution is 2.66.